The summed E-state index contributed by atoms with van der Waals surface area (Å²) in [6.45, 7) is 5.19. The van der Waals surface area contributed by atoms with E-state index in [2.05, 4.69) is 6.58 Å². The van der Waals surface area contributed by atoms with Crippen molar-refractivity contribution in [3.05, 3.63) is 42.0 Å². The van der Waals surface area contributed by atoms with Gasteiger partial charge in [-0.25, -0.2) is 0 Å². The summed E-state index contributed by atoms with van der Waals surface area (Å²) in [5.41, 5.74) is 1.27. The summed E-state index contributed by atoms with van der Waals surface area (Å²) < 4.78 is 5.39. The van der Waals surface area contributed by atoms with Crippen molar-refractivity contribution in [3.63, 3.8) is 0 Å². The number of phenolic OH excluding ortho intramolecular Hbond substituents is 1. The molecule has 0 spiro atoms. The molecule has 3 nitrogen and oxygen atoms in total. The molecule has 0 radical (unpaired) electrons. The van der Waals surface area contributed by atoms with Gasteiger partial charge in [0.2, 0.25) is 0 Å². The lowest BCUT2D eigenvalue weighted by atomic mass is 9.99. The van der Waals surface area contributed by atoms with Crippen molar-refractivity contribution in [3.8, 4) is 5.75 Å². The zero-order chi connectivity index (χ0) is 13.5. The van der Waals surface area contributed by atoms with Crippen molar-refractivity contribution in [2.24, 2.45) is 0 Å². The van der Waals surface area contributed by atoms with E-state index >= 15 is 0 Å². The van der Waals surface area contributed by atoms with Crippen LogP contribution in [0, 0.1) is 0 Å². The van der Waals surface area contributed by atoms with E-state index in [9.17, 15) is 9.90 Å². The van der Waals surface area contributed by atoms with Crippen LogP contribution in [0.4, 0.5) is 0 Å². The number of aromatic hydroxyl groups is 1. The lowest BCUT2D eigenvalue weighted by Gasteiger charge is -2.17. The van der Waals surface area contributed by atoms with Crippen LogP contribution in [-0.2, 0) is 4.74 Å². The van der Waals surface area contributed by atoms with E-state index in [1.165, 1.54) is 6.92 Å². The Morgan fingerprint density at radius 2 is 2.28 bits per heavy atom. The van der Waals surface area contributed by atoms with Crippen LogP contribution < -0.4 is 0 Å². The Hall–Kier alpha value is -1.61. The van der Waals surface area contributed by atoms with E-state index in [1.807, 2.05) is 6.08 Å². The summed E-state index contributed by atoms with van der Waals surface area (Å²) in [6, 6.07) is 4.88. The van der Waals surface area contributed by atoms with E-state index in [1.54, 1.807) is 25.3 Å². The fraction of sp³-hybridized carbons (Fsp3) is 0.400. The molecule has 0 aliphatic carbocycles. The van der Waals surface area contributed by atoms with Gasteiger partial charge in [-0.3, -0.25) is 4.79 Å². The number of carbonyl (C=O) groups excluding carboxylic acids is 1. The molecule has 3 heteroatoms. The quantitative estimate of drug-likeness (QED) is 0.455. The molecule has 0 aliphatic heterocycles. The van der Waals surface area contributed by atoms with Gasteiger partial charge in [0, 0.05) is 18.2 Å². The first kappa shape index (κ1) is 14.5. The van der Waals surface area contributed by atoms with Crippen molar-refractivity contribution < 1.29 is 14.6 Å². The van der Waals surface area contributed by atoms with Gasteiger partial charge in [-0.1, -0.05) is 6.08 Å². The fourth-order valence-electron chi connectivity index (χ4n) is 1.88. The lowest BCUT2D eigenvalue weighted by Crippen LogP contribution is -2.04. The average molecular weight is 248 g/mol. The normalized spacial score (nSPS) is 12.1. The first-order chi connectivity index (χ1) is 8.60. The van der Waals surface area contributed by atoms with Gasteiger partial charge < -0.3 is 9.84 Å². The molecule has 1 unspecified atom stereocenters. The summed E-state index contributed by atoms with van der Waals surface area (Å²) in [7, 11) is 1.61. The molecule has 0 aliphatic rings. The Morgan fingerprint density at radius 1 is 1.56 bits per heavy atom. The Morgan fingerprint density at radius 3 is 2.83 bits per heavy atom. The van der Waals surface area contributed by atoms with E-state index in [4.69, 9.17) is 4.74 Å². The maximum absolute atomic E-state index is 11.3. The van der Waals surface area contributed by atoms with E-state index < -0.39 is 0 Å². The monoisotopic (exact) mass is 248 g/mol. The van der Waals surface area contributed by atoms with Gasteiger partial charge in [0.15, 0.2) is 5.78 Å². The SMILES string of the molecule is C=CCCCC(OC)c1cc(C(C)=O)ccc1O. The number of ketones is 1. The summed E-state index contributed by atoms with van der Waals surface area (Å²) in [5.74, 6) is 0.155. The van der Waals surface area contributed by atoms with E-state index in [0.717, 1.165) is 19.3 Å². The number of ether oxygens (including phenoxy) is 1. The van der Waals surface area contributed by atoms with Crippen molar-refractivity contribution >= 4 is 5.78 Å². The van der Waals surface area contributed by atoms with Gasteiger partial charge in [-0.15, -0.1) is 6.58 Å². The molecule has 0 amide bonds. The molecule has 1 aromatic carbocycles. The highest BCUT2D eigenvalue weighted by atomic mass is 16.5. The minimum absolute atomic E-state index is 0.0165. The van der Waals surface area contributed by atoms with E-state index in [-0.39, 0.29) is 17.6 Å². The number of Topliss-reactive ketones (excluding diaryl/α,β-unsaturated/α-hetero) is 1. The summed E-state index contributed by atoms with van der Waals surface area (Å²) >= 11 is 0. The maximum atomic E-state index is 11.3. The third-order valence-corrected chi connectivity index (χ3v) is 2.94. The summed E-state index contributed by atoms with van der Waals surface area (Å²) in [5, 5.41) is 9.86. The van der Waals surface area contributed by atoms with Crippen molar-refractivity contribution in [2.75, 3.05) is 7.11 Å². The number of hydrogen-bond donors (Lipinski definition) is 1. The summed E-state index contributed by atoms with van der Waals surface area (Å²) in [6.07, 6.45) is 4.30. The van der Waals surface area contributed by atoms with Crippen LogP contribution in [0.1, 0.15) is 48.2 Å². The predicted octanol–water partition coefficient (Wildman–Crippen LogP) is 3.64. The van der Waals surface area contributed by atoms with Crippen LogP contribution in [0.2, 0.25) is 0 Å². The highest BCUT2D eigenvalue weighted by Crippen LogP contribution is 2.31. The number of unbranched alkanes of at least 4 members (excludes halogenated alkanes) is 1. The van der Waals surface area contributed by atoms with Crippen LogP contribution >= 0.6 is 0 Å². The standard InChI is InChI=1S/C15H20O3/c1-4-5-6-7-15(18-3)13-10-12(11(2)16)8-9-14(13)17/h4,8-10,15,17H,1,5-7H2,2-3H3. The Bertz CT molecular complexity index is 424. The highest BCUT2D eigenvalue weighted by molar-refractivity contribution is 5.94. The van der Waals surface area contributed by atoms with E-state index in [0.29, 0.717) is 11.1 Å². The second kappa shape index (κ2) is 6.97. The Kier molecular flexibility index (Phi) is 5.59. The minimum atomic E-state index is -0.191. The molecule has 0 aromatic heterocycles. The first-order valence-electron chi connectivity index (χ1n) is 6.07. The van der Waals surface area contributed by atoms with Crippen LogP contribution in [0.3, 0.4) is 0 Å². The molecule has 0 bridgehead atoms. The van der Waals surface area contributed by atoms with Crippen molar-refractivity contribution in [1.82, 2.24) is 0 Å². The minimum Gasteiger partial charge on any atom is -0.508 e. The number of rotatable bonds is 7. The smallest absolute Gasteiger partial charge is 0.159 e. The zero-order valence-electron chi connectivity index (χ0n) is 11.0. The second-order valence-corrected chi connectivity index (χ2v) is 4.27. The third-order valence-electron chi connectivity index (χ3n) is 2.94. The van der Waals surface area contributed by atoms with Crippen molar-refractivity contribution in [2.45, 2.75) is 32.3 Å². The predicted molar refractivity (Wildman–Crippen MR) is 71.9 cm³/mol. The fourth-order valence-corrected chi connectivity index (χ4v) is 1.88. The van der Waals surface area contributed by atoms with Crippen LogP contribution in [0.5, 0.6) is 5.75 Å². The molecule has 1 aromatic rings. The lowest BCUT2D eigenvalue weighted by molar-refractivity contribution is 0.0915. The Labute approximate surface area is 108 Å². The van der Waals surface area contributed by atoms with Gasteiger partial charge in [-0.2, -0.15) is 0 Å². The van der Waals surface area contributed by atoms with Gasteiger partial charge in [0.25, 0.3) is 0 Å². The average Bonchev–Trinajstić information content (AvgIpc) is 2.35. The number of phenols is 1. The third kappa shape index (κ3) is 3.70. The number of allylic oxidation sites excluding steroid dienone is 1. The molecule has 98 valence electrons. The van der Waals surface area contributed by atoms with Crippen LogP contribution in [0.15, 0.2) is 30.9 Å². The largest absolute Gasteiger partial charge is 0.508 e. The number of benzene rings is 1. The second-order valence-electron chi connectivity index (χ2n) is 4.27. The highest BCUT2D eigenvalue weighted by Gasteiger charge is 2.16. The van der Waals surface area contributed by atoms with Crippen LogP contribution in [-0.4, -0.2) is 18.0 Å². The zero-order valence-corrected chi connectivity index (χ0v) is 11.0. The molecule has 1 atom stereocenters. The number of methoxy groups -OCH3 is 1. The molecule has 0 fully saturated rings. The van der Waals surface area contributed by atoms with Gasteiger partial charge in [0.05, 0.1) is 6.10 Å². The van der Waals surface area contributed by atoms with Crippen molar-refractivity contribution in [1.29, 1.82) is 0 Å². The van der Waals surface area contributed by atoms with Crippen LogP contribution in [0.25, 0.3) is 0 Å². The number of carbonyl (C=O) groups is 1. The van der Waals surface area contributed by atoms with Gasteiger partial charge in [-0.05, 0) is 44.4 Å². The topological polar surface area (TPSA) is 46.5 Å². The number of hydrogen-bond acceptors (Lipinski definition) is 3. The van der Waals surface area contributed by atoms with Gasteiger partial charge >= 0.3 is 0 Å². The summed E-state index contributed by atoms with van der Waals surface area (Å²) in [4.78, 5) is 11.3. The molecule has 0 saturated carbocycles. The first-order valence-corrected chi connectivity index (χ1v) is 6.07. The molecule has 18 heavy (non-hydrogen) atoms. The molecule has 0 saturated heterocycles. The Balaban J connectivity index is 2.92. The molecule has 0 heterocycles. The molecule has 1 N–H and O–H groups in total. The maximum Gasteiger partial charge on any atom is 0.159 e. The molecular weight excluding hydrogens is 228 g/mol. The molecule has 1 rings (SSSR count). The van der Waals surface area contributed by atoms with Gasteiger partial charge in [0.1, 0.15) is 5.75 Å². The molecular formula is C15H20O3.